The quantitative estimate of drug-likeness (QED) is 0.568. The van der Waals surface area contributed by atoms with E-state index in [4.69, 9.17) is 9.72 Å². The first-order valence-electron chi connectivity index (χ1n) is 12.2. The van der Waals surface area contributed by atoms with Crippen molar-refractivity contribution in [2.45, 2.75) is 83.0 Å². The van der Waals surface area contributed by atoms with Gasteiger partial charge in [-0.05, 0) is 45.1 Å². The smallest absolute Gasteiger partial charge is 0.319 e. The molecule has 32 heavy (non-hydrogen) atoms. The van der Waals surface area contributed by atoms with E-state index in [0.29, 0.717) is 48.9 Å². The Morgan fingerprint density at radius 1 is 1.28 bits per heavy atom. The van der Waals surface area contributed by atoms with Crippen molar-refractivity contribution in [3.63, 3.8) is 0 Å². The Labute approximate surface area is 188 Å². The van der Waals surface area contributed by atoms with E-state index in [-0.39, 0.29) is 17.1 Å². The zero-order valence-electron chi connectivity index (χ0n) is 19.1. The average molecular weight is 446 g/mol. The first kappa shape index (κ1) is 21.7. The van der Waals surface area contributed by atoms with Gasteiger partial charge in [-0.15, -0.1) is 0 Å². The van der Waals surface area contributed by atoms with E-state index in [1.54, 1.807) is 6.20 Å². The molecule has 6 nitrogen and oxygen atoms in total. The van der Waals surface area contributed by atoms with Crippen LogP contribution in [0.4, 0.5) is 14.6 Å². The van der Waals surface area contributed by atoms with Gasteiger partial charge in [0.15, 0.2) is 5.82 Å². The third kappa shape index (κ3) is 3.91. The highest BCUT2D eigenvalue weighted by molar-refractivity contribution is 5.90. The molecule has 1 saturated carbocycles. The van der Waals surface area contributed by atoms with Gasteiger partial charge in [0.1, 0.15) is 24.1 Å². The van der Waals surface area contributed by atoms with Gasteiger partial charge in [-0.3, -0.25) is 9.88 Å². The van der Waals surface area contributed by atoms with E-state index < -0.39 is 12.0 Å². The minimum atomic E-state index is -0.818. The van der Waals surface area contributed by atoms with E-state index in [2.05, 4.69) is 26.7 Å². The van der Waals surface area contributed by atoms with E-state index in [1.165, 1.54) is 0 Å². The highest BCUT2D eigenvalue weighted by Gasteiger charge is 2.49. The minimum absolute atomic E-state index is 0.185. The monoisotopic (exact) mass is 445 g/mol. The molecule has 0 aromatic carbocycles. The fourth-order valence-corrected chi connectivity index (χ4v) is 5.41. The van der Waals surface area contributed by atoms with Crippen LogP contribution in [0.25, 0.3) is 10.9 Å². The zero-order chi connectivity index (χ0) is 22.3. The maximum Gasteiger partial charge on any atom is 0.319 e. The average Bonchev–Trinajstić information content (AvgIpc) is 3.48. The Morgan fingerprint density at radius 2 is 2.12 bits per heavy atom. The standard InChI is InChI=1S/C24H33F2N5O/c1-3-5-11-31(17-7-8-17)22-18-13-27-19(4-2)20(26)21(18)28-23(29-22)32-15-24-9-6-10-30(24)14-16(25)12-24/h13,16-17H,3-12,14-15H2,1-2H3/t16?,24-/m0/s1. The van der Waals surface area contributed by atoms with Crippen LogP contribution in [0.1, 0.15) is 64.5 Å². The summed E-state index contributed by atoms with van der Waals surface area (Å²) >= 11 is 0. The number of aromatic nitrogens is 3. The highest BCUT2D eigenvalue weighted by atomic mass is 19.1. The summed E-state index contributed by atoms with van der Waals surface area (Å²) in [6, 6.07) is 0.609. The summed E-state index contributed by atoms with van der Waals surface area (Å²) in [4.78, 5) is 18.1. The Morgan fingerprint density at radius 3 is 2.88 bits per heavy atom. The number of hydrogen-bond donors (Lipinski definition) is 0. The van der Waals surface area contributed by atoms with Crippen molar-refractivity contribution in [1.82, 2.24) is 19.9 Å². The second kappa shape index (κ2) is 8.69. The second-order valence-corrected chi connectivity index (χ2v) is 9.61. The number of hydrogen-bond acceptors (Lipinski definition) is 6. The van der Waals surface area contributed by atoms with Crippen LogP contribution in [0.3, 0.4) is 0 Å². The van der Waals surface area contributed by atoms with Crippen molar-refractivity contribution >= 4 is 16.7 Å². The fourth-order valence-electron chi connectivity index (χ4n) is 5.41. The van der Waals surface area contributed by atoms with Crippen LogP contribution in [0.15, 0.2) is 6.20 Å². The van der Waals surface area contributed by atoms with Crippen LogP contribution in [0, 0.1) is 5.82 Å². The number of fused-ring (bicyclic) bond motifs is 2. The largest absolute Gasteiger partial charge is 0.461 e. The molecule has 1 aliphatic carbocycles. The van der Waals surface area contributed by atoms with Crippen LogP contribution in [-0.2, 0) is 6.42 Å². The molecule has 2 atom stereocenters. The first-order chi connectivity index (χ1) is 15.5. The van der Waals surface area contributed by atoms with E-state index in [9.17, 15) is 4.39 Å². The SMILES string of the molecule is CCCCN(c1nc(OC[C@@]23CCCN2CC(F)C3)nc2c(F)c(CC)ncc12)C1CC1. The molecule has 3 aliphatic rings. The molecule has 1 unspecified atom stereocenters. The van der Waals surface area contributed by atoms with E-state index in [0.717, 1.165) is 51.6 Å². The Kier molecular flexibility index (Phi) is 5.90. The molecule has 4 heterocycles. The topological polar surface area (TPSA) is 54.4 Å². The van der Waals surface area contributed by atoms with Crippen LogP contribution in [-0.4, -0.2) is 63.8 Å². The van der Waals surface area contributed by atoms with Crippen molar-refractivity contribution in [2.24, 2.45) is 0 Å². The molecule has 0 N–H and O–H groups in total. The van der Waals surface area contributed by atoms with Gasteiger partial charge in [-0.25, -0.2) is 8.78 Å². The lowest BCUT2D eigenvalue weighted by atomic mass is 9.95. The Bertz CT molecular complexity index is 985. The molecule has 0 radical (unpaired) electrons. The van der Waals surface area contributed by atoms with Gasteiger partial charge in [0.25, 0.3) is 0 Å². The number of ether oxygens (including phenoxy) is 1. The molecule has 0 spiro atoms. The molecule has 8 heteroatoms. The van der Waals surface area contributed by atoms with Gasteiger partial charge < -0.3 is 9.64 Å². The summed E-state index contributed by atoms with van der Waals surface area (Å²) in [6.45, 7) is 6.63. The summed E-state index contributed by atoms with van der Waals surface area (Å²) in [7, 11) is 0. The normalized spacial score (nSPS) is 25.4. The molecular formula is C24H33F2N5O. The van der Waals surface area contributed by atoms with Gasteiger partial charge in [-0.1, -0.05) is 20.3 Å². The molecule has 0 bridgehead atoms. The molecular weight excluding hydrogens is 412 g/mol. The number of halogens is 2. The Hall–Kier alpha value is -2.09. The molecule has 3 fully saturated rings. The number of nitrogens with zero attached hydrogens (tertiary/aromatic N) is 5. The number of rotatable bonds is 9. The molecule has 174 valence electrons. The molecule has 0 amide bonds. The van der Waals surface area contributed by atoms with Crippen LogP contribution in [0.2, 0.25) is 0 Å². The number of alkyl halides is 1. The van der Waals surface area contributed by atoms with Crippen molar-refractivity contribution < 1.29 is 13.5 Å². The van der Waals surface area contributed by atoms with Crippen LogP contribution >= 0.6 is 0 Å². The molecule has 2 aliphatic heterocycles. The van der Waals surface area contributed by atoms with Crippen molar-refractivity contribution in [3.8, 4) is 6.01 Å². The first-order valence-corrected chi connectivity index (χ1v) is 12.2. The third-order valence-corrected chi connectivity index (χ3v) is 7.29. The van der Waals surface area contributed by atoms with Gasteiger partial charge in [0.2, 0.25) is 0 Å². The summed E-state index contributed by atoms with van der Waals surface area (Å²) in [5.74, 6) is 0.320. The lowest BCUT2D eigenvalue weighted by Crippen LogP contribution is -2.43. The van der Waals surface area contributed by atoms with Gasteiger partial charge in [0, 0.05) is 31.7 Å². The lowest BCUT2D eigenvalue weighted by molar-refractivity contribution is 0.107. The van der Waals surface area contributed by atoms with Gasteiger partial charge in [-0.2, -0.15) is 9.97 Å². The van der Waals surface area contributed by atoms with Crippen molar-refractivity contribution in [3.05, 3.63) is 17.7 Å². The van der Waals surface area contributed by atoms with Crippen molar-refractivity contribution in [2.75, 3.05) is 31.1 Å². The summed E-state index contributed by atoms with van der Waals surface area (Å²) in [5.41, 5.74) is 0.382. The maximum absolute atomic E-state index is 15.3. The summed E-state index contributed by atoms with van der Waals surface area (Å²) in [5, 5.41) is 0.639. The van der Waals surface area contributed by atoms with Crippen LogP contribution < -0.4 is 9.64 Å². The predicted molar refractivity (Wildman–Crippen MR) is 120 cm³/mol. The van der Waals surface area contributed by atoms with Crippen molar-refractivity contribution in [1.29, 1.82) is 0 Å². The maximum atomic E-state index is 15.3. The van der Waals surface area contributed by atoms with Crippen LogP contribution in [0.5, 0.6) is 6.01 Å². The van der Waals surface area contributed by atoms with E-state index >= 15 is 4.39 Å². The zero-order valence-corrected chi connectivity index (χ0v) is 19.1. The number of anilines is 1. The minimum Gasteiger partial charge on any atom is -0.461 e. The molecule has 2 aromatic rings. The summed E-state index contributed by atoms with van der Waals surface area (Å²) in [6.07, 6.45) is 8.17. The Balaban J connectivity index is 1.51. The van der Waals surface area contributed by atoms with E-state index in [1.807, 2.05) is 6.92 Å². The number of aryl methyl sites for hydroxylation is 1. The fraction of sp³-hybridized carbons (Fsp3) is 0.708. The summed E-state index contributed by atoms with van der Waals surface area (Å²) < 4.78 is 35.6. The number of pyridine rings is 1. The molecule has 5 rings (SSSR count). The highest BCUT2D eigenvalue weighted by Crippen LogP contribution is 2.41. The molecule has 2 aromatic heterocycles. The lowest BCUT2D eigenvalue weighted by Gasteiger charge is -2.31. The number of unbranched alkanes of at least 4 members (excludes halogenated alkanes) is 1. The van der Waals surface area contributed by atoms with Gasteiger partial charge >= 0.3 is 6.01 Å². The van der Waals surface area contributed by atoms with Gasteiger partial charge in [0.05, 0.1) is 16.6 Å². The third-order valence-electron chi connectivity index (χ3n) is 7.29. The second-order valence-electron chi connectivity index (χ2n) is 9.61. The molecule has 2 saturated heterocycles. The predicted octanol–water partition coefficient (Wildman–Crippen LogP) is 4.45.